The van der Waals surface area contributed by atoms with Crippen molar-refractivity contribution in [3.63, 3.8) is 0 Å². The van der Waals surface area contributed by atoms with E-state index in [2.05, 4.69) is 10.6 Å². The Kier molecular flexibility index (Phi) is 7.95. The second-order valence-corrected chi connectivity index (χ2v) is 4.22. The molecule has 1 unspecified atom stereocenters. The Labute approximate surface area is 103 Å². The molecule has 0 aliphatic rings. The van der Waals surface area contributed by atoms with E-state index in [0.29, 0.717) is 6.54 Å². The zero-order chi connectivity index (χ0) is 13.3. The molecule has 4 N–H and O–H groups in total. The van der Waals surface area contributed by atoms with Gasteiger partial charge in [0.1, 0.15) is 6.04 Å². The van der Waals surface area contributed by atoms with Crippen LogP contribution in [0.1, 0.15) is 12.8 Å². The molecule has 0 bridgehead atoms. The molecule has 0 aliphatic heterocycles. The fourth-order valence-corrected chi connectivity index (χ4v) is 1.44. The second kappa shape index (κ2) is 8.68. The van der Waals surface area contributed by atoms with Gasteiger partial charge in [0.05, 0.1) is 6.42 Å². The second-order valence-electron chi connectivity index (χ2n) is 3.24. The summed E-state index contributed by atoms with van der Waals surface area (Å²) in [6.45, 7) is 0.423. The number of carbonyl (C=O) groups excluding carboxylic acids is 1. The molecular formula is C9H16N2O5S. The van der Waals surface area contributed by atoms with Gasteiger partial charge in [0.15, 0.2) is 0 Å². The third kappa shape index (κ3) is 8.38. The summed E-state index contributed by atoms with van der Waals surface area (Å²) < 4.78 is 0. The van der Waals surface area contributed by atoms with Gasteiger partial charge >= 0.3 is 18.0 Å². The third-order valence-electron chi connectivity index (χ3n) is 1.79. The smallest absolute Gasteiger partial charge is 0.326 e. The number of amides is 2. The van der Waals surface area contributed by atoms with Crippen molar-refractivity contribution in [3.8, 4) is 0 Å². The van der Waals surface area contributed by atoms with Crippen molar-refractivity contribution in [1.29, 1.82) is 0 Å². The molecule has 98 valence electrons. The van der Waals surface area contributed by atoms with Gasteiger partial charge in [-0.2, -0.15) is 11.8 Å². The van der Waals surface area contributed by atoms with Crippen LogP contribution in [0.4, 0.5) is 4.79 Å². The maximum atomic E-state index is 11.2. The number of carbonyl (C=O) groups is 3. The molecule has 1 atom stereocenters. The van der Waals surface area contributed by atoms with Gasteiger partial charge in [-0.3, -0.25) is 4.79 Å². The molecule has 0 saturated heterocycles. The first kappa shape index (κ1) is 15.6. The maximum absolute atomic E-state index is 11.2. The fourth-order valence-electron chi connectivity index (χ4n) is 1.00. The van der Waals surface area contributed by atoms with Crippen molar-refractivity contribution >= 4 is 29.7 Å². The number of thioether (sulfide) groups is 1. The Balaban J connectivity index is 3.96. The van der Waals surface area contributed by atoms with Gasteiger partial charge in [0.25, 0.3) is 0 Å². The lowest BCUT2D eigenvalue weighted by Crippen LogP contribution is -2.47. The zero-order valence-electron chi connectivity index (χ0n) is 9.43. The van der Waals surface area contributed by atoms with Crippen LogP contribution in [0.5, 0.6) is 0 Å². The number of carboxylic acid groups (broad SMARTS) is 2. The average molecular weight is 264 g/mol. The van der Waals surface area contributed by atoms with Crippen molar-refractivity contribution in [3.05, 3.63) is 0 Å². The highest BCUT2D eigenvalue weighted by Crippen LogP contribution is 1.94. The monoisotopic (exact) mass is 264 g/mol. The summed E-state index contributed by atoms with van der Waals surface area (Å²) in [5.74, 6) is -1.76. The van der Waals surface area contributed by atoms with Gasteiger partial charge in [0, 0.05) is 6.54 Å². The van der Waals surface area contributed by atoms with Crippen molar-refractivity contribution in [1.82, 2.24) is 10.6 Å². The highest BCUT2D eigenvalue weighted by molar-refractivity contribution is 7.98. The summed E-state index contributed by atoms with van der Waals surface area (Å²) in [5.41, 5.74) is 0. The number of nitrogens with one attached hydrogen (secondary N) is 2. The topological polar surface area (TPSA) is 116 Å². The summed E-state index contributed by atoms with van der Waals surface area (Å²) in [5, 5.41) is 21.7. The van der Waals surface area contributed by atoms with Crippen LogP contribution in [-0.4, -0.2) is 52.8 Å². The van der Waals surface area contributed by atoms with E-state index in [1.807, 2.05) is 6.26 Å². The lowest BCUT2D eigenvalue weighted by molar-refractivity contribution is -0.145. The summed E-state index contributed by atoms with van der Waals surface area (Å²) >= 11 is 1.64. The molecule has 0 aromatic heterocycles. The van der Waals surface area contributed by atoms with Crippen LogP contribution in [0.15, 0.2) is 0 Å². The molecule has 17 heavy (non-hydrogen) atoms. The minimum atomic E-state index is -1.41. The van der Waals surface area contributed by atoms with E-state index in [-0.39, 0.29) is 0 Å². The molecule has 0 aromatic carbocycles. The number of urea groups is 1. The van der Waals surface area contributed by atoms with Gasteiger partial charge in [0.2, 0.25) is 0 Å². The quantitative estimate of drug-likeness (QED) is 0.457. The molecule has 8 heteroatoms. The lowest BCUT2D eigenvalue weighted by atomic mass is 10.2. The summed E-state index contributed by atoms with van der Waals surface area (Å²) in [7, 11) is 0. The van der Waals surface area contributed by atoms with Crippen molar-refractivity contribution in [2.45, 2.75) is 18.9 Å². The Morgan fingerprint density at radius 2 is 1.94 bits per heavy atom. The van der Waals surface area contributed by atoms with Crippen molar-refractivity contribution in [2.24, 2.45) is 0 Å². The SMILES string of the molecule is CSCCCNC(=O)NC(CC(=O)O)C(=O)O. The van der Waals surface area contributed by atoms with Gasteiger partial charge in [-0.25, -0.2) is 9.59 Å². The molecule has 2 amide bonds. The number of rotatable bonds is 8. The van der Waals surface area contributed by atoms with Crippen LogP contribution in [0.25, 0.3) is 0 Å². The van der Waals surface area contributed by atoms with E-state index in [1.54, 1.807) is 11.8 Å². The summed E-state index contributed by atoms with van der Waals surface area (Å²) in [6.07, 6.45) is 2.06. The molecule has 0 fully saturated rings. The number of hydrogen-bond acceptors (Lipinski definition) is 4. The Morgan fingerprint density at radius 3 is 2.41 bits per heavy atom. The van der Waals surface area contributed by atoms with E-state index in [1.165, 1.54) is 0 Å². The van der Waals surface area contributed by atoms with Crippen LogP contribution < -0.4 is 10.6 Å². The Morgan fingerprint density at radius 1 is 1.29 bits per heavy atom. The average Bonchev–Trinajstić information content (AvgIpc) is 2.22. The molecule has 7 nitrogen and oxygen atoms in total. The molecule has 0 radical (unpaired) electrons. The molecule has 0 aromatic rings. The normalized spacial score (nSPS) is 11.6. The predicted molar refractivity (Wildman–Crippen MR) is 63.2 cm³/mol. The van der Waals surface area contributed by atoms with E-state index >= 15 is 0 Å². The van der Waals surface area contributed by atoms with Crippen LogP contribution in [0.2, 0.25) is 0 Å². The fraction of sp³-hybridized carbons (Fsp3) is 0.667. The van der Waals surface area contributed by atoms with Crippen LogP contribution in [0, 0.1) is 0 Å². The first-order valence-corrected chi connectivity index (χ1v) is 6.34. The van der Waals surface area contributed by atoms with Crippen LogP contribution >= 0.6 is 11.8 Å². The molecule has 0 aliphatic carbocycles. The predicted octanol–water partition coefficient (Wildman–Crippen LogP) is -0.0334. The molecule has 0 heterocycles. The first-order chi connectivity index (χ1) is 7.97. The lowest BCUT2D eigenvalue weighted by Gasteiger charge is -2.13. The zero-order valence-corrected chi connectivity index (χ0v) is 10.2. The molecule has 0 rings (SSSR count). The van der Waals surface area contributed by atoms with E-state index < -0.39 is 30.4 Å². The number of aliphatic carboxylic acids is 2. The third-order valence-corrected chi connectivity index (χ3v) is 2.49. The van der Waals surface area contributed by atoms with Gasteiger partial charge in [-0.15, -0.1) is 0 Å². The number of hydrogen-bond donors (Lipinski definition) is 4. The minimum Gasteiger partial charge on any atom is -0.481 e. The largest absolute Gasteiger partial charge is 0.481 e. The van der Waals surface area contributed by atoms with E-state index in [4.69, 9.17) is 10.2 Å². The van der Waals surface area contributed by atoms with Gasteiger partial charge in [-0.1, -0.05) is 0 Å². The van der Waals surface area contributed by atoms with Crippen LogP contribution in [0.3, 0.4) is 0 Å². The summed E-state index contributed by atoms with van der Waals surface area (Å²) in [6, 6.07) is -2.08. The first-order valence-electron chi connectivity index (χ1n) is 4.95. The van der Waals surface area contributed by atoms with E-state index in [0.717, 1.165) is 12.2 Å². The maximum Gasteiger partial charge on any atom is 0.326 e. The molecule has 0 saturated carbocycles. The molecule has 0 spiro atoms. The highest BCUT2D eigenvalue weighted by Gasteiger charge is 2.22. The Bertz CT molecular complexity index is 285. The van der Waals surface area contributed by atoms with Gasteiger partial charge < -0.3 is 20.8 Å². The highest BCUT2D eigenvalue weighted by atomic mass is 32.2. The van der Waals surface area contributed by atoms with E-state index in [9.17, 15) is 14.4 Å². The van der Waals surface area contributed by atoms with Crippen molar-refractivity contribution in [2.75, 3.05) is 18.6 Å². The summed E-state index contributed by atoms with van der Waals surface area (Å²) in [4.78, 5) is 32.2. The molecular weight excluding hydrogens is 248 g/mol. The van der Waals surface area contributed by atoms with Crippen LogP contribution in [-0.2, 0) is 9.59 Å². The Hall–Kier alpha value is -1.44. The van der Waals surface area contributed by atoms with Gasteiger partial charge in [-0.05, 0) is 18.4 Å². The van der Waals surface area contributed by atoms with Crippen molar-refractivity contribution < 1.29 is 24.6 Å². The number of carboxylic acids is 2. The standard InChI is InChI=1S/C9H16N2O5S/c1-17-4-2-3-10-9(16)11-6(8(14)15)5-7(12)13/h6H,2-5H2,1H3,(H,12,13)(H,14,15)(H2,10,11,16). The minimum absolute atomic E-state index is 0.423.